The lowest BCUT2D eigenvalue weighted by Gasteiger charge is -2.25. The minimum atomic E-state index is -1.51. The van der Waals surface area contributed by atoms with Crippen LogP contribution in [0.3, 0.4) is 0 Å². The fraction of sp³-hybridized carbons (Fsp3) is 0.793. The first kappa shape index (κ1) is 97.2. The Labute approximate surface area is 626 Å². The molecule has 0 radical (unpaired) electrons. The number of unbranched alkanes of at least 4 members (excludes halogenated alkanes) is 50. The quantitative estimate of drug-likeness (QED) is 0.0211. The molecule has 0 saturated carbocycles. The highest BCUT2D eigenvalue weighted by Crippen LogP contribution is 2.20. The van der Waals surface area contributed by atoms with Crippen LogP contribution in [-0.2, 0) is 33.3 Å². The molecule has 0 spiro atoms. The van der Waals surface area contributed by atoms with E-state index in [4.69, 9.17) is 18.9 Å². The van der Waals surface area contributed by atoms with Crippen LogP contribution in [0.4, 0.5) is 0 Å². The number of quaternary nitrogens is 1. The van der Waals surface area contributed by atoms with Crippen LogP contribution in [0.1, 0.15) is 412 Å². The summed E-state index contributed by atoms with van der Waals surface area (Å²) in [5.41, 5.74) is 0. The average Bonchev–Trinajstić information content (AvgIpc) is 1.21. The van der Waals surface area contributed by atoms with E-state index in [2.05, 4.69) is 111 Å². The minimum Gasteiger partial charge on any atom is -0.477 e. The minimum absolute atomic E-state index is 0.178. The topological polar surface area (TPSA) is 108 Å². The van der Waals surface area contributed by atoms with E-state index in [1.54, 1.807) is 0 Å². The molecule has 9 nitrogen and oxygen atoms in total. The largest absolute Gasteiger partial charge is 0.477 e. The molecule has 0 aromatic rings. The summed E-state index contributed by atoms with van der Waals surface area (Å²) in [6.07, 6.45) is 112. The van der Waals surface area contributed by atoms with Gasteiger partial charge in [0.05, 0.1) is 34.4 Å². The average molecular weight is 1410 g/mol. The molecule has 0 rings (SSSR count). The van der Waals surface area contributed by atoms with Gasteiger partial charge in [0.25, 0.3) is 6.29 Å². The van der Waals surface area contributed by atoms with E-state index in [9.17, 15) is 19.5 Å². The number of esters is 2. The second-order valence-corrected chi connectivity index (χ2v) is 30.5. The van der Waals surface area contributed by atoms with Gasteiger partial charge in [0.1, 0.15) is 13.2 Å². The number of aliphatic carboxylic acids is 1. The third-order valence-corrected chi connectivity index (χ3v) is 19.3. The number of carboxylic acids is 1. The van der Waals surface area contributed by atoms with Crippen LogP contribution < -0.4 is 0 Å². The SMILES string of the molecule is CC/C=C\C/C=C\C/C=C\C/C=C\C/C=C\CCCCCCCCCCCCCCCCCCCCCCCCCC(=O)OC(COC(=O)CCCCCCCCCCCCCCCCCCCCCCCC/C=C\C/C=C\C/C=C\CCCCCCC)COC(OCC[N+](C)(C)C)C(=O)O. The molecule has 2 atom stereocenters. The predicted octanol–water partition coefficient (Wildman–Crippen LogP) is 28.3. The zero-order valence-corrected chi connectivity index (χ0v) is 67.3. The number of allylic oxidation sites excluding steroid dienone is 16. The highest BCUT2D eigenvalue weighted by molar-refractivity contribution is 5.71. The van der Waals surface area contributed by atoms with Crippen molar-refractivity contribution >= 4 is 17.9 Å². The number of carbonyl (C=O) groups excluding carboxylic acids is 2. The maximum absolute atomic E-state index is 13.0. The molecule has 9 heteroatoms. The fourth-order valence-corrected chi connectivity index (χ4v) is 12.8. The van der Waals surface area contributed by atoms with Gasteiger partial charge in [-0.1, -0.05) is 400 Å². The number of hydrogen-bond acceptors (Lipinski definition) is 7. The van der Waals surface area contributed by atoms with E-state index < -0.39 is 18.4 Å². The van der Waals surface area contributed by atoms with Crippen molar-refractivity contribution in [2.24, 2.45) is 0 Å². The van der Waals surface area contributed by atoms with Gasteiger partial charge in [0, 0.05) is 12.8 Å². The van der Waals surface area contributed by atoms with Crippen molar-refractivity contribution in [3.8, 4) is 0 Å². The summed E-state index contributed by atoms with van der Waals surface area (Å²) in [5.74, 6) is -1.98. The molecular weight excluding hydrogens is 1250 g/mol. The first-order chi connectivity index (χ1) is 49.6. The normalized spacial score (nSPS) is 13.1. The molecular formula is C92H166NO8+. The van der Waals surface area contributed by atoms with Crippen LogP contribution >= 0.6 is 0 Å². The van der Waals surface area contributed by atoms with Crippen molar-refractivity contribution < 1.29 is 42.9 Å². The van der Waals surface area contributed by atoms with Gasteiger partial charge >= 0.3 is 17.9 Å². The van der Waals surface area contributed by atoms with Gasteiger partial charge < -0.3 is 28.5 Å². The van der Waals surface area contributed by atoms with E-state index in [0.717, 1.165) is 83.5 Å². The highest BCUT2D eigenvalue weighted by Gasteiger charge is 2.25. The molecule has 0 saturated heterocycles. The van der Waals surface area contributed by atoms with E-state index in [0.29, 0.717) is 17.4 Å². The maximum atomic E-state index is 13.0. The number of hydrogen-bond donors (Lipinski definition) is 1. The van der Waals surface area contributed by atoms with Crippen molar-refractivity contribution in [2.45, 2.75) is 424 Å². The molecule has 1 N–H and O–H groups in total. The number of rotatable bonds is 81. The summed E-state index contributed by atoms with van der Waals surface area (Å²) in [6.45, 7) is 4.81. The first-order valence-corrected chi connectivity index (χ1v) is 43.4. The van der Waals surface area contributed by atoms with Crippen LogP contribution in [-0.4, -0.2) is 87.4 Å². The maximum Gasteiger partial charge on any atom is 0.361 e. The smallest absolute Gasteiger partial charge is 0.361 e. The van der Waals surface area contributed by atoms with Gasteiger partial charge in [-0.25, -0.2) is 4.79 Å². The summed E-state index contributed by atoms with van der Waals surface area (Å²) in [7, 11) is 6.00. The monoisotopic (exact) mass is 1410 g/mol. The van der Waals surface area contributed by atoms with Crippen LogP contribution in [0.2, 0.25) is 0 Å². The second-order valence-electron chi connectivity index (χ2n) is 30.5. The lowest BCUT2D eigenvalue weighted by molar-refractivity contribution is -0.870. The van der Waals surface area contributed by atoms with Crippen molar-refractivity contribution in [1.29, 1.82) is 0 Å². The Hall–Kier alpha value is -3.79. The van der Waals surface area contributed by atoms with Crippen LogP contribution in [0, 0.1) is 0 Å². The Morgan fingerprint density at radius 2 is 0.564 bits per heavy atom. The van der Waals surface area contributed by atoms with E-state index in [1.807, 2.05) is 21.1 Å². The molecule has 0 aromatic carbocycles. The summed E-state index contributed by atoms with van der Waals surface area (Å²) in [6, 6.07) is 0. The van der Waals surface area contributed by atoms with E-state index in [-0.39, 0.29) is 38.2 Å². The van der Waals surface area contributed by atoms with Crippen LogP contribution in [0.5, 0.6) is 0 Å². The number of carbonyl (C=O) groups is 3. The summed E-state index contributed by atoms with van der Waals surface area (Å²) >= 11 is 0. The van der Waals surface area contributed by atoms with Crippen LogP contribution in [0.15, 0.2) is 97.2 Å². The number of carboxylic acid groups (broad SMARTS) is 1. The van der Waals surface area contributed by atoms with Gasteiger partial charge in [-0.2, -0.15) is 0 Å². The molecule has 2 unspecified atom stereocenters. The molecule has 0 aliphatic rings. The Morgan fingerprint density at radius 3 is 0.842 bits per heavy atom. The van der Waals surface area contributed by atoms with E-state index >= 15 is 0 Å². The molecule has 0 heterocycles. The Balaban J connectivity index is 3.94. The van der Waals surface area contributed by atoms with E-state index in [1.165, 1.54) is 302 Å². The fourth-order valence-electron chi connectivity index (χ4n) is 12.8. The molecule has 0 aliphatic heterocycles. The standard InChI is InChI=1S/C92H165NO8/c1-6-8-10-12-14-16-18-20-22-24-26-28-30-32-34-36-38-40-42-44-45-47-49-51-53-55-57-59-61-63-65-67-69-71-73-75-77-79-81-83-90(95)101-88(87-100-92(91(96)97)98-85-84-93(3,4)5)86-99-89(94)82-80-78-76-74-72-70-68-66-64-62-60-58-56-54-52-50-48-46-43-41-39-37-35-33-31-29-27-25-23-21-19-17-15-13-11-9-7-2/h8,10,14,16,19-22,25-28,31-34,88,92H,6-7,9,11-13,15,17-18,23-24,29-30,35-87H2,1-5H3/p+1/b10-8-,16-14-,21-19-,22-20-,27-25-,28-26-,33-31-,34-32-. The molecule has 101 heavy (non-hydrogen) atoms. The summed E-state index contributed by atoms with van der Waals surface area (Å²) in [4.78, 5) is 37.8. The van der Waals surface area contributed by atoms with Gasteiger partial charge in [-0.15, -0.1) is 0 Å². The summed E-state index contributed by atoms with van der Waals surface area (Å²) in [5, 5.41) is 9.79. The predicted molar refractivity (Wildman–Crippen MR) is 438 cm³/mol. The Morgan fingerprint density at radius 1 is 0.307 bits per heavy atom. The first-order valence-electron chi connectivity index (χ1n) is 43.4. The van der Waals surface area contributed by atoms with Gasteiger partial charge in [0.2, 0.25) is 0 Å². The lowest BCUT2D eigenvalue weighted by atomic mass is 10.0. The van der Waals surface area contributed by atoms with Crippen molar-refractivity contribution in [1.82, 2.24) is 0 Å². The van der Waals surface area contributed by atoms with Gasteiger partial charge in [-0.05, 0) is 96.3 Å². The number of ether oxygens (including phenoxy) is 4. The van der Waals surface area contributed by atoms with Gasteiger partial charge in [-0.3, -0.25) is 9.59 Å². The van der Waals surface area contributed by atoms with Crippen molar-refractivity contribution in [3.63, 3.8) is 0 Å². The third-order valence-electron chi connectivity index (χ3n) is 19.3. The third kappa shape index (κ3) is 83.4. The molecule has 0 aliphatic carbocycles. The van der Waals surface area contributed by atoms with Gasteiger partial charge in [0.15, 0.2) is 6.10 Å². The summed E-state index contributed by atoms with van der Waals surface area (Å²) < 4.78 is 23.1. The molecule has 0 amide bonds. The number of likely N-dealkylation sites (N-methyl/N-ethyl adjacent to an activating group) is 1. The molecule has 0 fully saturated rings. The Bertz CT molecular complexity index is 1990. The molecule has 0 bridgehead atoms. The van der Waals surface area contributed by atoms with Crippen LogP contribution in [0.25, 0.3) is 0 Å². The van der Waals surface area contributed by atoms with Crippen molar-refractivity contribution in [2.75, 3.05) is 47.5 Å². The Kier molecular flexibility index (Phi) is 78.8. The zero-order chi connectivity index (χ0) is 73.2. The zero-order valence-electron chi connectivity index (χ0n) is 67.3. The number of nitrogens with zero attached hydrogens (tertiary/aromatic N) is 1. The van der Waals surface area contributed by atoms with Crippen molar-refractivity contribution in [3.05, 3.63) is 97.2 Å². The lowest BCUT2D eigenvalue weighted by Crippen LogP contribution is -2.40. The second kappa shape index (κ2) is 81.9. The highest BCUT2D eigenvalue weighted by atomic mass is 16.7. The molecule has 586 valence electrons. The molecule has 0 aromatic heterocycles.